The maximum absolute atomic E-state index is 14.2. The summed E-state index contributed by atoms with van der Waals surface area (Å²) in [7, 11) is 0. The van der Waals surface area contributed by atoms with Crippen LogP contribution in [0, 0.1) is 46.2 Å². The molecule has 8 unspecified atom stereocenters. The molecule has 6 rings (SSSR count). The van der Waals surface area contributed by atoms with E-state index in [2.05, 4.69) is 13.8 Å². The molecule has 8 atom stereocenters. The molecule has 3 nitrogen and oxygen atoms in total. The van der Waals surface area contributed by atoms with Crippen LogP contribution >= 0.6 is 0 Å². The van der Waals surface area contributed by atoms with Gasteiger partial charge in [-0.1, -0.05) is 45.7 Å². The number of hydrogen-bond acceptors (Lipinski definition) is 2. The van der Waals surface area contributed by atoms with Gasteiger partial charge in [-0.2, -0.15) is 5.10 Å². The molecule has 0 aromatic heterocycles. The Morgan fingerprint density at radius 1 is 1.12 bits per heavy atom. The lowest BCUT2D eigenvalue weighted by molar-refractivity contribution is -0.133. The molecule has 1 aromatic carbocycles. The largest absolute Gasteiger partial charge is 0.273 e. The van der Waals surface area contributed by atoms with Gasteiger partial charge in [0.25, 0.3) is 0 Å². The second-order valence-electron chi connectivity index (χ2n) is 12.3. The number of hydrogen-bond donors (Lipinski definition) is 0. The Morgan fingerprint density at radius 2 is 1.97 bits per heavy atom. The molecule has 0 radical (unpaired) electrons. The van der Waals surface area contributed by atoms with Crippen LogP contribution in [-0.2, 0) is 4.79 Å². The number of nitrogens with zero attached hydrogens (tertiary/aromatic N) is 2. The molecule has 5 aliphatic rings. The Hall–Kier alpha value is -1.71. The molecular formula is C29H39FN2O. The van der Waals surface area contributed by atoms with Crippen LogP contribution in [0.1, 0.15) is 96.6 Å². The second-order valence-corrected chi connectivity index (χ2v) is 12.3. The lowest BCUT2D eigenvalue weighted by atomic mass is 9.45. The van der Waals surface area contributed by atoms with Crippen molar-refractivity contribution in [2.24, 2.45) is 45.5 Å². The summed E-state index contributed by atoms with van der Waals surface area (Å²) in [6.07, 6.45) is 12.5. The van der Waals surface area contributed by atoms with Gasteiger partial charge in [-0.3, -0.25) is 4.79 Å². The molecule has 4 fully saturated rings. The van der Waals surface area contributed by atoms with E-state index in [0.29, 0.717) is 17.8 Å². The first-order valence-electron chi connectivity index (χ1n) is 13.5. The van der Waals surface area contributed by atoms with Crippen molar-refractivity contribution in [3.63, 3.8) is 0 Å². The van der Waals surface area contributed by atoms with E-state index in [4.69, 9.17) is 5.10 Å². The van der Waals surface area contributed by atoms with Crippen molar-refractivity contribution < 1.29 is 9.18 Å². The van der Waals surface area contributed by atoms with Gasteiger partial charge < -0.3 is 0 Å². The van der Waals surface area contributed by atoms with Crippen LogP contribution in [0.2, 0.25) is 0 Å². The zero-order valence-corrected chi connectivity index (χ0v) is 20.5. The first-order chi connectivity index (χ1) is 15.9. The summed E-state index contributed by atoms with van der Waals surface area (Å²) < 4.78 is 14.2. The number of carbonyl (C=O) groups is 1. The Labute approximate surface area is 198 Å². The number of amides is 1. The van der Waals surface area contributed by atoms with E-state index in [1.165, 1.54) is 63.1 Å². The van der Waals surface area contributed by atoms with Crippen molar-refractivity contribution in [1.29, 1.82) is 0 Å². The van der Waals surface area contributed by atoms with Crippen molar-refractivity contribution in [2.75, 3.05) is 0 Å². The summed E-state index contributed by atoms with van der Waals surface area (Å²) in [5.41, 5.74) is 2.76. The van der Waals surface area contributed by atoms with Crippen LogP contribution in [0.5, 0.6) is 0 Å². The highest BCUT2D eigenvalue weighted by Gasteiger charge is 2.64. The van der Waals surface area contributed by atoms with E-state index in [0.717, 1.165) is 29.7 Å². The van der Waals surface area contributed by atoms with Gasteiger partial charge in [0.1, 0.15) is 5.82 Å². The van der Waals surface area contributed by atoms with E-state index in [-0.39, 0.29) is 29.1 Å². The third kappa shape index (κ3) is 3.04. The van der Waals surface area contributed by atoms with Crippen LogP contribution in [0.3, 0.4) is 0 Å². The average Bonchev–Trinajstić information content (AvgIpc) is 3.32. The Kier molecular flexibility index (Phi) is 5.05. The number of carbonyl (C=O) groups excluding carboxylic acids is 1. The van der Waals surface area contributed by atoms with Crippen molar-refractivity contribution in [3.8, 4) is 0 Å². The van der Waals surface area contributed by atoms with Gasteiger partial charge in [-0.25, -0.2) is 9.40 Å². The first-order valence-corrected chi connectivity index (χ1v) is 13.5. The summed E-state index contributed by atoms with van der Waals surface area (Å²) in [6, 6.07) is 6.74. The molecule has 0 spiro atoms. The summed E-state index contributed by atoms with van der Waals surface area (Å²) in [5, 5.41) is 6.80. The van der Waals surface area contributed by atoms with Crippen LogP contribution < -0.4 is 0 Å². The second kappa shape index (κ2) is 7.65. The van der Waals surface area contributed by atoms with Gasteiger partial charge in [0.15, 0.2) is 0 Å². The summed E-state index contributed by atoms with van der Waals surface area (Å²) in [4.78, 5) is 12.9. The maximum Gasteiger partial charge on any atom is 0.242 e. The lowest BCUT2D eigenvalue weighted by Crippen LogP contribution is -2.52. The molecule has 0 N–H and O–H groups in total. The molecule has 1 heterocycles. The molecule has 1 amide bonds. The summed E-state index contributed by atoms with van der Waals surface area (Å²) >= 11 is 0. The number of fused-ring (bicyclic) bond motifs is 7. The molecule has 1 aromatic rings. The Bertz CT molecular complexity index is 990. The molecule has 4 saturated carbocycles. The smallest absolute Gasteiger partial charge is 0.242 e. The third-order valence-electron chi connectivity index (χ3n) is 11.0. The minimum Gasteiger partial charge on any atom is -0.273 e. The highest BCUT2D eigenvalue weighted by Crippen LogP contribution is 2.68. The van der Waals surface area contributed by atoms with Crippen molar-refractivity contribution in [2.45, 2.75) is 91.0 Å². The van der Waals surface area contributed by atoms with E-state index in [9.17, 15) is 9.18 Å². The van der Waals surface area contributed by atoms with Crippen LogP contribution in [-0.4, -0.2) is 16.6 Å². The van der Waals surface area contributed by atoms with Gasteiger partial charge in [-0.05, 0) is 91.7 Å². The molecule has 4 heteroatoms. The number of benzene rings is 1. The molecular weight excluding hydrogens is 411 g/mol. The molecule has 4 aliphatic carbocycles. The third-order valence-corrected chi connectivity index (χ3v) is 11.0. The van der Waals surface area contributed by atoms with Gasteiger partial charge in [0.2, 0.25) is 5.91 Å². The van der Waals surface area contributed by atoms with Crippen LogP contribution in [0.25, 0.3) is 0 Å². The maximum atomic E-state index is 14.2. The van der Waals surface area contributed by atoms with E-state index in [1.54, 1.807) is 17.1 Å². The first kappa shape index (κ1) is 21.8. The molecule has 1 aliphatic heterocycles. The Balaban J connectivity index is 1.37. The van der Waals surface area contributed by atoms with E-state index in [1.807, 2.05) is 13.0 Å². The fourth-order valence-corrected chi connectivity index (χ4v) is 9.43. The fourth-order valence-electron chi connectivity index (χ4n) is 9.43. The van der Waals surface area contributed by atoms with Gasteiger partial charge in [0.05, 0.1) is 11.8 Å². The van der Waals surface area contributed by atoms with Gasteiger partial charge >= 0.3 is 0 Å². The monoisotopic (exact) mass is 450 g/mol. The fraction of sp³-hybridized carbons (Fsp3) is 0.724. The quantitative estimate of drug-likeness (QED) is 0.471. The van der Waals surface area contributed by atoms with E-state index >= 15 is 0 Å². The standard InChI is InChI=1S/C29H39FN2O/c1-4-25(33)32-26(18-8-7-10-20(30)16-18)22-17-24-21-12-11-19-9-5-6-14-28(19,2)23(21)13-15-29(24,3)27(22)31-32/h7-8,10,16,19,21-24,26H,4-6,9,11-15,17H2,1-3H3. The molecule has 33 heavy (non-hydrogen) atoms. The molecule has 0 saturated heterocycles. The van der Waals surface area contributed by atoms with Crippen molar-refractivity contribution in [1.82, 2.24) is 5.01 Å². The summed E-state index contributed by atoms with van der Waals surface area (Å²) in [6.45, 7) is 6.98. The SMILES string of the molecule is CCC(=O)N1N=C2C(CC3C4CCC5CCCCC5(C)C4CCC23C)C1c1cccc(F)c1. The van der Waals surface area contributed by atoms with Crippen LogP contribution in [0.4, 0.5) is 4.39 Å². The predicted molar refractivity (Wildman–Crippen MR) is 129 cm³/mol. The number of hydrazone groups is 1. The average molecular weight is 451 g/mol. The van der Waals surface area contributed by atoms with Crippen molar-refractivity contribution >= 4 is 11.6 Å². The van der Waals surface area contributed by atoms with Gasteiger partial charge in [0, 0.05) is 17.8 Å². The topological polar surface area (TPSA) is 32.7 Å². The molecule has 178 valence electrons. The van der Waals surface area contributed by atoms with Crippen LogP contribution in [0.15, 0.2) is 29.4 Å². The highest BCUT2D eigenvalue weighted by molar-refractivity contribution is 5.98. The summed E-state index contributed by atoms with van der Waals surface area (Å²) in [5.74, 6) is 3.25. The highest BCUT2D eigenvalue weighted by atomic mass is 19.1. The van der Waals surface area contributed by atoms with Crippen molar-refractivity contribution in [3.05, 3.63) is 35.6 Å². The number of rotatable bonds is 2. The zero-order valence-electron chi connectivity index (χ0n) is 20.5. The Morgan fingerprint density at radius 3 is 2.76 bits per heavy atom. The molecule has 0 bridgehead atoms. The normalized spacial score (nSPS) is 43.9. The predicted octanol–water partition coefficient (Wildman–Crippen LogP) is 7.13. The van der Waals surface area contributed by atoms with E-state index < -0.39 is 0 Å². The number of halogens is 1. The minimum atomic E-state index is -0.227. The minimum absolute atomic E-state index is 0.0511. The zero-order chi connectivity index (χ0) is 23.0. The lowest BCUT2D eigenvalue weighted by Gasteiger charge is -2.59. The van der Waals surface area contributed by atoms with Gasteiger partial charge in [-0.15, -0.1) is 0 Å².